The largest absolute Gasteiger partial charge is 0.361 e. The van der Waals surface area contributed by atoms with Gasteiger partial charge in [-0.25, -0.2) is 0 Å². The number of hydrogen-bond acceptors (Lipinski definition) is 2. The number of pyridine rings is 1. The molecule has 0 saturated heterocycles. The van der Waals surface area contributed by atoms with Crippen molar-refractivity contribution in [2.45, 2.75) is 19.8 Å². The van der Waals surface area contributed by atoms with Gasteiger partial charge in [-0.1, -0.05) is 0 Å². The Labute approximate surface area is 77.4 Å². The van der Waals surface area contributed by atoms with Crippen molar-refractivity contribution in [3.63, 3.8) is 0 Å². The number of fused-ring (bicyclic) bond motifs is 1. The van der Waals surface area contributed by atoms with Crippen molar-refractivity contribution in [3.05, 3.63) is 27.5 Å². The van der Waals surface area contributed by atoms with E-state index < -0.39 is 0 Å². The van der Waals surface area contributed by atoms with Gasteiger partial charge in [0, 0.05) is 30.9 Å². The van der Waals surface area contributed by atoms with E-state index in [9.17, 15) is 4.79 Å². The van der Waals surface area contributed by atoms with Crippen molar-refractivity contribution in [2.24, 2.45) is 0 Å². The maximum absolute atomic E-state index is 11.6. The summed E-state index contributed by atoms with van der Waals surface area (Å²) in [5, 5.41) is 0. The fourth-order valence-electron chi connectivity index (χ4n) is 1.87. The lowest BCUT2D eigenvalue weighted by atomic mass is 10.1. The van der Waals surface area contributed by atoms with Gasteiger partial charge in [0.2, 0.25) is 0 Å². The number of rotatable bonds is 0. The first-order valence-electron chi connectivity index (χ1n) is 4.62. The van der Waals surface area contributed by atoms with Gasteiger partial charge < -0.3 is 9.88 Å². The van der Waals surface area contributed by atoms with Gasteiger partial charge in [-0.2, -0.15) is 0 Å². The number of aromatic nitrogens is 1. The summed E-state index contributed by atoms with van der Waals surface area (Å²) in [6.07, 6.45) is 1.99. The van der Waals surface area contributed by atoms with E-state index >= 15 is 0 Å². The van der Waals surface area contributed by atoms with Gasteiger partial charge in [0.15, 0.2) is 5.43 Å². The maximum Gasteiger partial charge on any atom is 0.187 e. The summed E-state index contributed by atoms with van der Waals surface area (Å²) in [6, 6.07) is 1.68. The first kappa shape index (κ1) is 8.35. The van der Waals surface area contributed by atoms with Crippen molar-refractivity contribution < 1.29 is 0 Å². The number of aryl methyl sites for hydroxylation is 1. The van der Waals surface area contributed by atoms with E-state index in [0.29, 0.717) is 0 Å². The average Bonchev–Trinajstić information content (AvgIpc) is 2.07. The number of H-pyrrole nitrogens is 1. The number of nitrogens with zero attached hydrogens (tertiary/aromatic N) is 1. The molecule has 0 bridgehead atoms. The number of hydrogen-bond donors (Lipinski definition) is 1. The van der Waals surface area contributed by atoms with Crippen molar-refractivity contribution >= 4 is 5.82 Å². The highest BCUT2D eigenvalue weighted by molar-refractivity contribution is 5.48. The zero-order chi connectivity index (χ0) is 9.42. The molecule has 70 valence electrons. The third-order valence-corrected chi connectivity index (χ3v) is 2.55. The molecule has 0 unspecified atom stereocenters. The van der Waals surface area contributed by atoms with Crippen LogP contribution in [0.1, 0.15) is 17.7 Å². The van der Waals surface area contributed by atoms with Crippen LogP contribution in [0.25, 0.3) is 0 Å². The molecular formula is C10H14N2O. The summed E-state index contributed by atoms with van der Waals surface area (Å²) >= 11 is 0. The normalized spacial score (nSPS) is 15.7. The van der Waals surface area contributed by atoms with E-state index in [1.54, 1.807) is 6.07 Å². The first-order valence-corrected chi connectivity index (χ1v) is 4.62. The topological polar surface area (TPSA) is 36.1 Å². The average molecular weight is 178 g/mol. The van der Waals surface area contributed by atoms with Gasteiger partial charge in [-0.3, -0.25) is 4.79 Å². The van der Waals surface area contributed by atoms with Crippen LogP contribution >= 0.6 is 0 Å². The summed E-state index contributed by atoms with van der Waals surface area (Å²) in [4.78, 5) is 16.9. The molecule has 2 rings (SSSR count). The Morgan fingerprint density at radius 3 is 3.08 bits per heavy atom. The van der Waals surface area contributed by atoms with Gasteiger partial charge in [0.05, 0.1) is 0 Å². The third-order valence-electron chi connectivity index (χ3n) is 2.55. The molecule has 0 aromatic carbocycles. The zero-order valence-corrected chi connectivity index (χ0v) is 8.05. The number of anilines is 1. The minimum atomic E-state index is 0.179. The van der Waals surface area contributed by atoms with Crippen LogP contribution in [0, 0.1) is 6.92 Å². The minimum absolute atomic E-state index is 0.179. The lowest BCUT2D eigenvalue weighted by Crippen LogP contribution is -2.30. The van der Waals surface area contributed by atoms with Crippen LogP contribution in [0.4, 0.5) is 5.82 Å². The molecule has 0 saturated carbocycles. The molecule has 0 fully saturated rings. The Morgan fingerprint density at radius 2 is 2.31 bits per heavy atom. The summed E-state index contributed by atoms with van der Waals surface area (Å²) in [6.45, 7) is 2.95. The van der Waals surface area contributed by atoms with Gasteiger partial charge in [0.1, 0.15) is 5.82 Å². The fraction of sp³-hybridized carbons (Fsp3) is 0.500. The molecule has 1 N–H and O–H groups in total. The second-order valence-electron chi connectivity index (χ2n) is 3.67. The quantitative estimate of drug-likeness (QED) is 0.645. The Kier molecular flexibility index (Phi) is 1.87. The summed E-state index contributed by atoms with van der Waals surface area (Å²) in [5.74, 6) is 1.01. The molecule has 3 heteroatoms. The number of nitrogens with one attached hydrogen (secondary N) is 1. The van der Waals surface area contributed by atoms with E-state index in [1.807, 2.05) is 14.0 Å². The van der Waals surface area contributed by atoms with Gasteiger partial charge >= 0.3 is 0 Å². The van der Waals surface area contributed by atoms with Crippen LogP contribution in [0.2, 0.25) is 0 Å². The van der Waals surface area contributed by atoms with Crippen LogP contribution < -0.4 is 10.3 Å². The van der Waals surface area contributed by atoms with Crippen LogP contribution in [-0.2, 0) is 6.42 Å². The standard InChI is InChI=1S/C10H14N2O/c1-7-6-9(13)8-4-3-5-12(2)10(8)11-7/h6H,3-5H2,1-2H3,(H,11,13). The number of aromatic amines is 1. The smallest absolute Gasteiger partial charge is 0.187 e. The van der Waals surface area contributed by atoms with E-state index in [1.165, 1.54) is 0 Å². The van der Waals surface area contributed by atoms with Crippen LogP contribution in [0.15, 0.2) is 10.9 Å². The van der Waals surface area contributed by atoms with E-state index in [2.05, 4.69) is 9.88 Å². The molecule has 1 aliphatic rings. The molecule has 0 radical (unpaired) electrons. The highest BCUT2D eigenvalue weighted by atomic mass is 16.1. The molecule has 13 heavy (non-hydrogen) atoms. The van der Waals surface area contributed by atoms with Crippen molar-refractivity contribution in [1.82, 2.24) is 4.98 Å². The SMILES string of the molecule is Cc1cc(=O)c2c([nH]1)N(C)CCC2. The summed E-state index contributed by atoms with van der Waals surface area (Å²) in [7, 11) is 2.02. The molecule has 1 aliphatic heterocycles. The van der Waals surface area contributed by atoms with Gasteiger partial charge in [-0.05, 0) is 19.8 Å². The molecule has 3 nitrogen and oxygen atoms in total. The Balaban J connectivity index is 2.63. The molecule has 1 aromatic heterocycles. The fourth-order valence-corrected chi connectivity index (χ4v) is 1.87. The maximum atomic E-state index is 11.6. The monoisotopic (exact) mass is 178 g/mol. The van der Waals surface area contributed by atoms with Gasteiger partial charge in [-0.15, -0.1) is 0 Å². The minimum Gasteiger partial charge on any atom is -0.361 e. The molecule has 0 spiro atoms. The highest BCUT2D eigenvalue weighted by Crippen LogP contribution is 2.20. The Morgan fingerprint density at radius 1 is 1.54 bits per heavy atom. The van der Waals surface area contributed by atoms with Gasteiger partial charge in [0.25, 0.3) is 0 Å². The van der Waals surface area contributed by atoms with E-state index in [0.717, 1.165) is 36.5 Å². The summed E-state index contributed by atoms with van der Waals surface area (Å²) in [5.41, 5.74) is 2.06. The highest BCUT2D eigenvalue weighted by Gasteiger charge is 2.16. The second kappa shape index (κ2) is 2.91. The molecule has 1 aromatic rings. The van der Waals surface area contributed by atoms with Crippen LogP contribution in [0.5, 0.6) is 0 Å². The first-order chi connectivity index (χ1) is 6.18. The van der Waals surface area contributed by atoms with Crippen molar-refractivity contribution in [2.75, 3.05) is 18.5 Å². The lowest BCUT2D eigenvalue weighted by Gasteiger charge is -2.26. The predicted molar refractivity (Wildman–Crippen MR) is 53.4 cm³/mol. The van der Waals surface area contributed by atoms with E-state index in [-0.39, 0.29) is 5.43 Å². The predicted octanol–water partition coefficient (Wildman–Crippen LogP) is 1.07. The molecule has 0 amide bonds. The second-order valence-corrected chi connectivity index (χ2v) is 3.67. The Hall–Kier alpha value is -1.25. The molecule has 2 heterocycles. The zero-order valence-electron chi connectivity index (χ0n) is 8.05. The van der Waals surface area contributed by atoms with E-state index in [4.69, 9.17) is 0 Å². The van der Waals surface area contributed by atoms with Crippen molar-refractivity contribution in [3.8, 4) is 0 Å². The van der Waals surface area contributed by atoms with Crippen molar-refractivity contribution in [1.29, 1.82) is 0 Å². The molecular weight excluding hydrogens is 164 g/mol. The van der Waals surface area contributed by atoms with Crippen LogP contribution in [0.3, 0.4) is 0 Å². The van der Waals surface area contributed by atoms with Crippen LogP contribution in [-0.4, -0.2) is 18.6 Å². The summed E-state index contributed by atoms with van der Waals surface area (Å²) < 4.78 is 0. The third kappa shape index (κ3) is 1.34. The Bertz CT molecular complexity index is 381. The molecule has 0 aliphatic carbocycles. The molecule has 0 atom stereocenters. The lowest BCUT2D eigenvalue weighted by molar-refractivity contribution is 0.723.